The number of halogens is 4. The van der Waals surface area contributed by atoms with Crippen LogP contribution in [-0.2, 0) is 9.53 Å². The molecule has 0 unspecified atom stereocenters. The molecule has 0 aromatic rings. The Hall–Kier alpha value is -0.850. The number of hydrogen-bond acceptors (Lipinski definition) is 3. The van der Waals surface area contributed by atoms with E-state index < -0.39 is 42.9 Å². The molecule has 0 aliphatic carbocycles. The van der Waals surface area contributed by atoms with E-state index in [9.17, 15) is 22.4 Å². The Morgan fingerprint density at radius 1 is 1.18 bits per heavy atom. The molecular formula is C10H16F4O3. The Morgan fingerprint density at radius 3 is 2.00 bits per heavy atom. The van der Waals surface area contributed by atoms with Crippen molar-refractivity contribution in [3.63, 3.8) is 0 Å². The summed E-state index contributed by atoms with van der Waals surface area (Å²) in [6.45, 7) is 2.04. The normalized spacial score (nSPS) is 13.6. The van der Waals surface area contributed by atoms with Crippen LogP contribution in [0.4, 0.5) is 17.6 Å². The van der Waals surface area contributed by atoms with Crippen LogP contribution in [-0.4, -0.2) is 35.1 Å². The van der Waals surface area contributed by atoms with Gasteiger partial charge < -0.3 is 9.84 Å². The van der Waals surface area contributed by atoms with Crippen molar-refractivity contribution in [3.8, 4) is 0 Å². The number of hydrogen-bond donors (Lipinski definition) is 1. The van der Waals surface area contributed by atoms with Crippen molar-refractivity contribution in [1.82, 2.24) is 0 Å². The smallest absolute Gasteiger partial charge is 0.337 e. The minimum Gasteiger partial charge on any atom is -0.464 e. The fourth-order valence-electron chi connectivity index (χ4n) is 0.855. The van der Waals surface area contributed by atoms with Gasteiger partial charge in [-0.3, -0.25) is 0 Å². The molecule has 0 fully saturated rings. The maximum atomic E-state index is 12.7. The molecule has 0 radical (unpaired) electrons. The highest BCUT2D eigenvalue weighted by molar-refractivity contribution is 5.78. The second-order valence-electron chi connectivity index (χ2n) is 4.39. The van der Waals surface area contributed by atoms with E-state index in [2.05, 4.69) is 4.74 Å². The van der Waals surface area contributed by atoms with Gasteiger partial charge in [-0.25, -0.2) is 13.6 Å². The molecule has 0 saturated heterocycles. The summed E-state index contributed by atoms with van der Waals surface area (Å²) < 4.78 is 54.7. The molecule has 0 heterocycles. The summed E-state index contributed by atoms with van der Waals surface area (Å²) in [5, 5.41) is 9.13. The summed E-state index contributed by atoms with van der Waals surface area (Å²) in [6, 6.07) is 0. The monoisotopic (exact) mass is 260 g/mol. The predicted molar refractivity (Wildman–Crippen MR) is 52.1 cm³/mol. The first-order chi connectivity index (χ1) is 7.38. The van der Waals surface area contributed by atoms with E-state index in [1.807, 2.05) is 0 Å². The van der Waals surface area contributed by atoms with Crippen molar-refractivity contribution in [2.24, 2.45) is 0 Å². The van der Waals surface area contributed by atoms with Crippen LogP contribution >= 0.6 is 0 Å². The third-order valence-corrected chi connectivity index (χ3v) is 2.01. The minimum absolute atomic E-state index is 0.135. The summed E-state index contributed by atoms with van der Waals surface area (Å²) in [4.78, 5) is 11.0. The first-order valence-electron chi connectivity index (χ1n) is 5.03. The van der Waals surface area contributed by atoms with Gasteiger partial charge in [-0.1, -0.05) is 0 Å². The first kappa shape index (κ1) is 16.1. The van der Waals surface area contributed by atoms with Crippen molar-refractivity contribution in [2.75, 3.05) is 6.61 Å². The lowest BCUT2D eigenvalue weighted by Crippen LogP contribution is -2.38. The van der Waals surface area contributed by atoms with E-state index in [1.54, 1.807) is 0 Å². The molecule has 0 rings (SSSR count). The van der Waals surface area contributed by atoms with Gasteiger partial charge in [-0.2, -0.15) is 8.78 Å². The third-order valence-electron chi connectivity index (χ3n) is 2.01. The lowest BCUT2D eigenvalue weighted by Gasteiger charge is -2.23. The molecule has 0 amide bonds. The van der Waals surface area contributed by atoms with E-state index in [0.717, 1.165) is 0 Å². The second kappa shape index (κ2) is 5.20. The number of aliphatic hydroxyl groups is 1. The zero-order valence-electron chi connectivity index (χ0n) is 9.90. The van der Waals surface area contributed by atoms with Gasteiger partial charge in [0.1, 0.15) is 0 Å². The number of ether oxygens (including phenoxy) is 1. The number of esters is 1. The molecule has 0 aliphatic rings. The van der Waals surface area contributed by atoms with Gasteiger partial charge in [0.25, 0.3) is 0 Å². The summed E-state index contributed by atoms with van der Waals surface area (Å²) in [5.41, 5.74) is -1.72. The van der Waals surface area contributed by atoms with Crippen LogP contribution in [0, 0.1) is 0 Å². The van der Waals surface area contributed by atoms with Crippen molar-refractivity contribution >= 4 is 5.97 Å². The molecule has 0 spiro atoms. The van der Waals surface area contributed by atoms with Crippen LogP contribution in [0.2, 0.25) is 0 Å². The first-order valence-corrected chi connectivity index (χ1v) is 5.03. The second-order valence-corrected chi connectivity index (χ2v) is 4.39. The summed E-state index contributed by atoms with van der Waals surface area (Å²) in [7, 11) is 0. The fourth-order valence-corrected chi connectivity index (χ4v) is 0.855. The van der Waals surface area contributed by atoms with Crippen LogP contribution in [0.3, 0.4) is 0 Å². The molecule has 0 bridgehead atoms. The van der Waals surface area contributed by atoms with Crippen molar-refractivity contribution in [1.29, 1.82) is 0 Å². The Bertz CT molecular complexity index is 266. The van der Waals surface area contributed by atoms with E-state index in [0.29, 0.717) is 0 Å². The number of carbonyl (C=O) groups is 1. The molecule has 0 aliphatic heterocycles. The van der Waals surface area contributed by atoms with Gasteiger partial charge in [-0.15, -0.1) is 0 Å². The molecule has 0 atom stereocenters. The van der Waals surface area contributed by atoms with E-state index in [4.69, 9.17) is 5.11 Å². The number of rotatable bonds is 6. The Morgan fingerprint density at radius 2 is 1.65 bits per heavy atom. The lowest BCUT2D eigenvalue weighted by atomic mass is 10.1. The maximum absolute atomic E-state index is 12.7. The summed E-state index contributed by atoms with van der Waals surface area (Å²) >= 11 is 0. The molecule has 0 aromatic heterocycles. The standard InChI is InChI=1S/C10H16F4O3/c1-8(2,16)7(15)17-6-4-5-10(13,14)9(3,11)12/h16H,4-6H2,1-3H3. The largest absolute Gasteiger partial charge is 0.464 e. The predicted octanol–water partition coefficient (Wildman–Crippen LogP) is 2.37. The number of carbonyl (C=O) groups excluding carboxylic acids is 1. The van der Waals surface area contributed by atoms with Gasteiger partial charge in [0.2, 0.25) is 0 Å². The van der Waals surface area contributed by atoms with Crippen molar-refractivity contribution in [2.45, 2.75) is 51.1 Å². The SMILES string of the molecule is CC(C)(O)C(=O)OCCCC(F)(F)C(C)(F)F. The molecular weight excluding hydrogens is 244 g/mol. The van der Waals surface area contributed by atoms with Gasteiger partial charge >= 0.3 is 17.8 Å². The van der Waals surface area contributed by atoms with Crippen LogP contribution in [0.15, 0.2) is 0 Å². The zero-order valence-corrected chi connectivity index (χ0v) is 9.90. The van der Waals surface area contributed by atoms with Gasteiger partial charge in [0, 0.05) is 13.3 Å². The highest BCUT2D eigenvalue weighted by Crippen LogP contribution is 2.37. The van der Waals surface area contributed by atoms with Crippen molar-refractivity contribution in [3.05, 3.63) is 0 Å². The molecule has 0 aromatic carbocycles. The quantitative estimate of drug-likeness (QED) is 0.453. The molecule has 0 saturated carbocycles. The van der Waals surface area contributed by atoms with E-state index >= 15 is 0 Å². The van der Waals surface area contributed by atoms with Crippen molar-refractivity contribution < 1.29 is 32.2 Å². The average Bonchev–Trinajstić information content (AvgIpc) is 2.08. The highest BCUT2D eigenvalue weighted by atomic mass is 19.3. The van der Waals surface area contributed by atoms with Crippen LogP contribution in [0.1, 0.15) is 33.6 Å². The van der Waals surface area contributed by atoms with Gasteiger partial charge in [-0.05, 0) is 20.3 Å². The maximum Gasteiger partial charge on any atom is 0.337 e. The molecule has 7 heteroatoms. The van der Waals surface area contributed by atoms with Crippen LogP contribution in [0.5, 0.6) is 0 Å². The molecule has 17 heavy (non-hydrogen) atoms. The molecule has 1 N–H and O–H groups in total. The highest BCUT2D eigenvalue weighted by Gasteiger charge is 2.51. The van der Waals surface area contributed by atoms with Crippen LogP contribution < -0.4 is 0 Å². The van der Waals surface area contributed by atoms with Gasteiger partial charge in [0.15, 0.2) is 5.60 Å². The molecule has 3 nitrogen and oxygen atoms in total. The minimum atomic E-state index is -4.13. The average molecular weight is 260 g/mol. The number of alkyl halides is 4. The summed E-state index contributed by atoms with van der Waals surface area (Å²) in [5.74, 6) is -9.22. The Labute approximate surface area is 96.8 Å². The third kappa shape index (κ3) is 5.34. The topological polar surface area (TPSA) is 46.5 Å². The summed E-state index contributed by atoms with van der Waals surface area (Å²) in [6.07, 6.45) is -1.49. The van der Waals surface area contributed by atoms with E-state index in [1.165, 1.54) is 13.8 Å². The van der Waals surface area contributed by atoms with E-state index in [-0.39, 0.29) is 6.92 Å². The fraction of sp³-hybridized carbons (Fsp3) is 0.900. The van der Waals surface area contributed by atoms with Gasteiger partial charge in [0.05, 0.1) is 6.61 Å². The van der Waals surface area contributed by atoms with Crippen LogP contribution in [0.25, 0.3) is 0 Å². The molecule has 102 valence electrons. The Kier molecular flexibility index (Phi) is 4.94. The lowest BCUT2D eigenvalue weighted by molar-refractivity contribution is -0.202. The Balaban J connectivity index is 3.99. The zero-order chi connectivity index (χ0) is 13.9.